The number of ether oxygens (including phenoxy) is 1. The molecule has 1 fully saturated rings. The Labute approximate surface area is 148 Å². The third kappa shape index (κ3) is 4.67. The molecule has 1 heterocycles. The van der Waals surface area contributed by atoms with Crippen molar-refractivity contribution in [1.29, 1.82) is 0 Å². The molecule has 1 amide bonds. The highest BCUT2D eigenvalue weighted by atomic mass is 19.1. The summed E-state index contributed by atoms with van der Waals surface area (Å²) in [6.07, 6.45) is 3.19. The molecule has 1 unspecified atom stereocenters. The molecule has 1 aliphatic heterocycles. The predicted octanol–water partition coefficient (Wildman–Crippen LogP) is 4.35. The van der Waals surface area contributed by atoms with Gasteiger partial charge in [-0.1, -0.05) is 18.2 Å². The fourth-order valence-electron chi connectivity index (χ4n) is 3.28. The van der Waals surface area contributed by atoms with Gasteiger partial charge in [0.25, 0.3) is 5.91 Å². The lowest BCUT2D eigenvalue weighted by molar-refractivity contribution is 0.0952. The van der Waals surface area contributed by atoms with Crippen molar-refractivity contribution in [3.8, 4) is 11.1 Å². The van der Waals surface area contributed by atoms with E-state index < -0.39 is 0 Å². The van der Waals surface area contributed by atoms with Gasteiger partial charge in [-0.3, -0.25) is 4.79 Å². The Hall–Kier alpha value is -2.20. The normalized spacial score (nSPS) is 16.8. The van der Waals surface area contributed by atoms with Crippen LogP contribution >= 0.6 is 0 Å². The van der Waals surface area contributed by atoms with Crippen LogP contribution in [0.3, 0.4) is 0 Å². The molecule has 3 nitrogen and oxygen atoms in total. The molecule has 0 aliphatic carbocycles. The summed E-state index contributed by atoms with van der Waals surface area (Å²) in [4.78, 5) is 12.4. The van der Waals surface area contributed by atoms with Crippen molar-refractivity contribution in [2.75, 3.05) is 19.8 Å². The first-order valence-corrected chi connectivity index (χ1v) is 8.86. The molecule has 132 valence electrons. The SMILES string of the molecule is Cc1cc(F)ccc1-c1cccc(C(=O)NCCCC2CCOC2)c1. The van der Waals surface area contributed by atoms with E-state index in [1.165, 1.54) is 12.1 Å². The van der Waals surface area contributed by atoms with Gasteiger partial charge in [0, 0.05) is 25.3 Å². The zero-order valence-electron chi connectivity index (χ0n) is 14.6. The Bertz CT molecular complexity index is 738. The van der Waals surface area contributed by atoms with Crippen molar-refractivity contribution in [3.63, 3.8) is 0 Å². The molecule has 1 aliphatic rings. The number of amides is 1. The Morgan fingerprint density at radius 2 is 2.16 bits per heavy atom. The molecule has 4 heteroatoms. The lowest BCUT2D eigenvalue weighted by Crippen LogP contribution is -2.24. The van der Waals surface area contributed by atoms with Gasteiger partial charge in [0.2, 0.25) is 0 Å². The van der Waals surface area contributed by atoms with Crippen molar-refractivity contribution >= 4 is 5.91 Å². The van der Waals surface area contributed by atoms with E-state index in [0.29, 0.717) is 18.0 Å². The molecule has 1 atom stereocenters. The summed E-state index contributed by atoms with van der Waals surface area (Å²) in [6.45, 7) is 4.27. The monoisotopic (exact) mass is 341 g/mol. The highest BCUT2D eigenvalue weighted by Crippen LogP contribution is 2.25. The lowest BCUT2D eigenvalue weighted by Gasteiger charge is -2.10. The zero-order chi connectivity index (χ0) is 17.6. The Balaban J connectivity index is 1.59. The van der Waals surface area contributed by atoms with Crippen LogP contribution in [0.4, 0.5) is 4.39 Å². The molecule has 2 aromatic carbocycles. The van der Waals surface area contributed by atoms with E-state index in [0.717, 1.165) is 49.2 Å². The highest BCUT2D eigenvalue weighted by molar-refractivity contribution is 5.95. The molecule has 25 heavy (non-hydrogen) atoms. The van der Waals surface area contributed by atoms with Gasteiger partial charge in [0.1, 0.15) is 5.82 Å². The minimum Gasteiger partial charge on any atom is -0.381 e. The Morgan fingerprint density at radius 1 is 1.28 bits per heavy atom. The number of hydrogen-bond donors (Lipinski definition) is 1. The summed E-state index contributed by atoms with van der Waals surface area (Å²) >= 11 is 0. The first kappa shape index (κ1) is 17.6. The molecule has 1 N–H and O–H groups in total. The number of carbonyl (C=O) groups is 1. The zero-order valence-corrected chi connectivity index (χ0v) is 14.6. The summed E-state index contributed by atoms with van der Waals surface area (Å²) in [5.41, 5.74) is 3.35. The molecule has 0 spiro atoms. The smallest absolute Gasteiger partial charge is 0.251 e. The van der Waals surface area contributed by atoms with Crippen molar-refractivity contribution in [1.82, 2.24) is 5.32 Å². The third-order valence-electron chi connectivity index (χ3n) is 4.72. The summed E-state index contributed by atoms with van der Waals surface area (Å²) in [6, 6.07) is 12.2. The molecule has 0 bridgehead atoms. The van der Waals surface area contributed by atoms with Crippen LogP contribution in [0.5, 0.6) is 0 Å². The van der Waals surface area contributed by atoms with Crippen molar-refractivity contribution in [2.24, 2.45) is 5.92 Å². The third-order valence-corrected chi connectivity index (χ3v) is 4.72. The number of benzene rings is 2. The number of hydrogen-bond acceptors (Lipinski definition) is 2. The van der Waals surface area contributed by atoms with Crippen LogP contribution in [0.15, 0.2) is 42.5 Å². The second-order valence-corrected chi connectivity index (χ2v) is 6.67. The first-order valence-electron chi connectivity index (χ1n) is 8.86. The summed E-state index contributed by atoms with van der Waals surface area (Å²) in [5.74, 6) is 0.328. The van der Waals surface area contributed by atoms with E-state index >= 15 is 0 Å². The summed E-state index contributed by atoms with van der Waals surface area (Å²) in [7, 11) is 0. The second kappa shape index (κ2) is 8.26. The van der Waals surface area contributed by atoms with Crippen molar-refractivity contribution in [2.45, 2.75) is 26.2 Å². The molecule has 1 saturated heterocycles. The van der Waals surface area contributed by atoms with Crippen molar-refractivity contribution < 1.29 is 13.9 Å². The van der Waals surface area contributed by atoms with Gasteiger partial charge in [-0.05, 0) is 73.1 Å². The number of aryl methyl sites for hydroxylation is 1. The average Bonchev–Trinajstić information content (AvgIpc) is 3.12. The number of halogens is 1. The summed E-state index contributed by atoms with van der Waals surface area (Å²) in [5, 5.41) is 2.99. The molecule has 0 aromatic heterocycles. The van der Waals surface area contributed by atoms with Gasteiger partial charge in [-0.2, -0.15) is 0 Å². The van der Waals surface area contributed by atoms with Gasteiger partial charge in [0.05, 0.1) is 0 Å². The maximum Gasteiger partial charge on any atom is 0.251 e. The second-order valence-electron chi connectivity index (χ2n) is 6.67. The van der Waals surface area contributed by atoms with Crippen LogP contribution in [0.1, 0.15) is 35.2 Å². The molecule has 0 saturated carbocycles. The van der Waals surface area contributed by atoms with E-state index in [2.05, 4.69) is 5.32 Å². The van der Waals surface area contributed by atoms with Gasteiger partial charge >= 0.3 is 0 Å². The van der Waals surface area contributed by atoms with E-state index in [9.17, 15) is 9.18 Å². The fourth-order valence-corrected chi connectivity index (χ4v) is 3.28. The van der Waals surface area contributed by atoms with E-state index in [1.807, 2.05) is 31.2 Å². The van der Waals surface area contributed by atoms with Crippen LogP contribution in [0.2, 0.25) is 0 Å². The largest absolute Gasteiger partial charge is 0.381 e. The van der Waals surface area contributed by atoms with Gasteiger partial charge in [0.15, 0.2) is 0 Å². The molecule has 2 aromatic rings. The number of nitrogens with one attached hydrogen (secondary N) is 1. The molecular formula is C21H24FNO2. The Morgan fingerprint density at radius 3 is 2.92 bits per heavy atom. The van der Waals surface area contributed by atoms with E-state index in [-0.39, 0.29) is 11.7 Å². The van der Waals surface area contributed by atoms with E-state index in [1.54, 1.807) is 6.07 Å². The van der Waals surface area contributed by atoms with Crippen LogP contribution in [0.25, 0.3) is 11.1 Å². The van der Waals surface area contributed by atoms with Crippen LogP contribution < -0.4 is 5.32 Å². The van der Waals surface area contributed by atoms with Crippen LogP contribution in [0, 0.1) is 18.7 Å². The minimum atomic E-state index is -0.247. The maximum absolute atomic E-state index is 13.3. The standard InChI is InChI=1S/C21H24FNO2/c1-15-12-19(22)7-8-20(15)17-5-2-6-18(13-17)21(24)23-10-3-4-16-9-11-25-14-16/h2,5-8,12-13,16H,3-4,9-11,14H2,1H3,(H,23,24). The topological polar surface area (TPSA) is 38.3 Å². The average molecular weight is 341 g/mol. The summed E-state index contributed by atoms with van der Waals surface area (Å²) < 4.78 is 18.6. The maximum atomic E-state index is 13.3. The molecule has 0 radical (unpaired) electrons. The minimum absolute atomic E-state index is 0.0655. The van der Waals surface area contributed by atoms with Crippen LogP contribution in [-0.2, 0) is 4.74 Å². The highest BCUT2D eigenvalue weighted by Gasteiger charge is 2.15. The lowest BCUT2D eigenvalue weighted by atomic mass is 9.98. The molecule has 3 rings (SSSR count). The molecular weight excluding hydrogens is 317 g/mol. The van der Waals surface area contributed by atoms with Crippen molar-refractivity contribution in [3.05, 3.63) is 59.4 Å². The quantitative estimate of drug-likeness (QED) is 0.794. The number of rotatable bonds is 6. The van der Waals surface area contributed by atoms with Gasteiger partial charge in [-0.25, -0.2) is 4.39 Å². The number of carbonyl (C=O) groups excluding carboxylic acids is 1. The van der Waals surface area contributed by atoms with Gasteiger partial charge in [-0.15, -0.1) is 0 Å². The predicted molar refractivity (Wildman–Crippen MR) is 97.1 cm³/mol. The van der Waals surface area contributed by atoms with E-state index in [4.69, 9.17) is 4.74 Å². The van der Waals surface area contributed by atoms with Crippen LogP contribution in [-0.4, -0.2) is 25.7 Å². The Kier molecular flexibility index (Phi) is 5.82. The first-order chi connectivity index (χ1) is 12.1. The van der Waals surface area contributed by atoms with Gasteiger partial charge < -0.3 is 10.1 Å². The fraction of sp³-hybridized carbons (Fsp3) is 0.381.